The molecule has 3 heteroatoms. The fraction of sp³-hybridized carbons (Fsp3) is 0.294. The van der Waals surface area contributed by atoms with E-state index in [1.807, 2.05) is 0 Å². The third kappa shape index (κ3) is 2.54. The predicted octanol–water partition coefficient (Wildman–Crippen LogP) is 3.35. The molecule has 1 aliphatic carbocycles. The number of nitrogens with two attached hydrogens (primary N) is 1. The number of hydrogen-bond donors (Lipinski definition) is 1. The van der Waals surface area contributed by atoms with Gasteiger partial charge in [0, 0.05) is 12.1 Å². The van der Waals surface area contributed by atoms with Crippen LogP contribution in [0.4, 0.5) is 4.39 Å². The molecular weight excluding hydrogens is 253 g/mol. The van der Waals surface area contributed by atoms with E-state index in [1.54, 1.807) is 12.1 Å². The number of halogens is 1. The molecule has 2 aromatic rings. The Hall–Kier alpha value is -1.87. The molecule has 104 valence electrons. The van der Waals surface area contributed by atoms with E-state index in [0.29, 0.717) is 17.9 Å². The van der Waals surface area contributed by atoms with Crippen LogP contribution in [0.3, 0.4) is 0 Å². The normalized spacial score (nSPS) is 13.3. The van der Waals surface area contributed by atoms with Crippen LogP contribution in [0.25, 0.3) is 0 Å². The lowest BCUT2D eigenvalue weighted by molar-refractivity contribution is 0.300. The molecule has 2 nitrogen and oxygen atoms in total. The summed E-state index contributed by atoms with van der Waals surface area (Å²) < 4.78 is 19.3. The van der Waals surface area contributed by atoms with Crippen molar-refractivity contribution in [1.29, 1.82) is 0 Å². The van der Waals surface area contributed by atoms with Crippen molar-refractivity contribution in [2.75, 3.05) is 0 Å². The summed E-state index contributed by atoms with van der Waals surface area (Å²) in [5.41, 5.74) is 10.0. The maximum Gasteiger partial charge on any atom is 0.131 e. The summed E-state index contributed by atoms with van der Waals surface area (Å²) in [6.45, 7) is 0.593. The minimum Gasteiger partial charge on any atom is -0.488 e. The zero-order chi connectivity index (χ0) is 13.9. The van der Waals surface area contributed by atoms with E-state index in [0.717, 1.165) is 12.0 Å². The number of benzene rings is 2. The van der Waals surface area contributed by atoms with E-state index in [1.165, 1.54) is 30.0 Å². The first-order valence-electron chi connectivity index (χ1n) is 6.99. The second kappa shape index (κ2) is 5.63. The quantitative estimate of drug-likeness (QED) is 0.925. The second-order valence-corrected chi connectivity index (χ2v) is 5.17. The van der Waals surface area contributed by atoms with Crippen LogP contribution in [0.5, 0.6) is 5.75 Å². The zero-order valence-electron chi connectivity index (χ0n) is 11.4. The molecule has 0 radical (unpaired) electrons. The first-order chi connectivity index (χ1) is 9.78. The van der Waals surface area contributed by atoms with Gasteiger partial charge in [0.15, 0.2) is 0 Å². The molecule has 0 spiro atoms. The Morgan fingerprint density at radius 2 is 1.95 bits per heavy atom. The predicted molar refractivity (Wildman–Crippen MR) is 77.1 cm³/mol. The monoisotopic (exact) mass is 271 g/mol. The Morgan fingerprint density at radius 3 is 2.80 bits per heavy atom. The summed E-state index contributed by atoms with van der Waals surface area (Å²) in [6, 6.07) is 11.3. The molecule has 2 N–H and O–H groups in total. The van der Waals surface area contributed by atoms with Crippen LogP contribution < -0.4 is 10.5 Å². The van der Waals surface area contributed by atoms with E-state index < -0.39 is 0 Å². The largest absolute Gasteiger partial charge is 0.488 e. The summed E-state index contributed by atoms with van der Waals surface area (Å²) in [6.07, 6.45) is 3.57. The standard InChI is InChI=1S/C17H18FNO/c18-16-5-2-6-17(15(16)10-19)20-11-12-7-8-13-3-1-4-14(13)9-12/h2,5-9H,1,3-4,10-11,19H2. The van der Waals surface area contributed by atoms with Gasteiger partial charge in [0.1, 0.15) is 18.2 Å². The lowest BCUT2D eigenvalue weighted by atomic mass is 10.1. The second-order valence-electron chi connectivity index (χ2n) is 5.17. The average molecular weight is 271 g/mol. The highest BCUT2D eigenvalue weighted by Crippen LogP contribution is 2.25. The van der Waals surface area contributed by atoms with Crippen molar-refractivity contribution < 1.29 is 9.13 Å². The Bertz CT molecular complexity index is 624. The molecule has 0 fully saturated rings. The van der Waals surface area contributed by atoms with Crippen LogP contribution in [-0.2, 0) is 26.0 Å². The number of rotatable bonds is 4. The van der Waals surface area contributed by atoms with E-state index >= 15 is 0 Å². The third-order valence-electron chi connectivity index (χ3n) is 3.84. The van der Waals surface area contributed by atoms with Crippen LogP contribution in [0, 0.1) is 5.82 Å². The Balaban J connectivity index is 1.75. The highest BCUT2D eigenvalue weighted by atomic mass is 19.1. The molecule has 0 bridgehead atoms. The summed E-state index contributed by atoms with van der Waals surface area (Å²) in [5, 5.41) is 0. The van der Waals surface area contributed by atoms with Crippen molar-refractivity contribution in [3.63, 3.8) is 0 Å². The van der Waals surface area contributed by atoms with Gasteiger partial charge in [-0.15, -0.1) is 0 Å². The first kappa shape index (κ1) is 13.1. The van der Waals surface area contributed by atoms with Gasteiger partial charge in [-0.1, -0.05) is 24.3 Å². The molecule has 20 heavy (non-hydrogen) atoms. The molecule has 0 saturated carbocycles. The van der Waals surface area contributed by atoms with Crippen LogP contribution in [0.2, 0.25) is 0 Å². The van der Waals surface area contributed by atoms with Crippen molar-refractivity contribution in [1.82, 2.24) is 0 Å². The number of fused-ring (bicyclic) bond motifs is 1. The van der Waals surface area contributed by atoms with Gasteiger partial charge in [-0.05, 0) is 48.1 Å². The topological polar surface area (TPSA) is 35.2 Å². The fourth-order valence-corrected chi connectivity index (χ4v) is 2.75. The van der Waals surface area contributed by atoms with Crippen molar-refractivity contribution >= 4 is 0 Å². The molecule has 0 unspecified atom stereocenters. The van der Waals surface area contributed by atoms with Crippen molar-refractivity contribution in [3.05, 3.63) is 64.5 Å². The minimum atomic E-state index is -0.307. The molecule has 0 amide bonds. The highest BCUT2D eigenvalue weighted by molar-refractivity contribution is 5.37. The van der Waals surface area contributed by atoms with Crippen LogP contribution >= 0.6 is 0 Å². The molecule has 2 aromatic carbocycles. The van der Waals surface area contributed by atoms with Gasteiger partial charge in [0.25, 0.3) is 0 Å². The van der Waals surface area contributed by atoms with Gasteiger partial charge in [-0.3, -0.25) is 0 Å². The van der Waals surface area contributed by atoms with Crippen molar-refractivity contribution in [2.45, 2.75) is 32.4 Å². The Kier molecular flexibility index (Phi) is 3.70. The van der Waals surface area contributed by atoms with Crippen molar-refractivity contribution in [2.24, 2.45) is 5.73 Å². The Morgan fingerprint density at radius 1 is 1.10 bits per heavy atom. The van der Waals surface area contributed by atoms with Gasteiger partial charge >= 0.3 is 0 Å². The highest BCUT2D eigenvalue weighted by Gasteiger charge is 2.12. The third-order valence-corrected chi connectivity index (χ3v) is 3.84. The van der Waals surface area contributed by atoms with E-state index in [4.69, 9.17) is 10.5 Å². The van der Waals surface area contributed by atoms with Gasteiger partial charge in [-0.2, -0.15) is 0 Å². The summed E-state index contributed by atoms with van der Waals surface area (Å²) in [4.78, 5) is 0. The lowest BCUT2D eigenvalue weighted by Gasteiger charge is -2.12. The van der Waals surface area contributed by atoms with E-state index in [-0.39, 0.29) is 12.4 Å². The maximum atomic E-state index is 13.6. The van der Waals surface area contributed by atoms with Crippen LogP contribution in [0.1, 0.15) is 28.7 Å². The average Bonchev–Trinajstić information content (AvgIpc) is 2.92. The number of aryl methyl sites for hydroxylation is 2. The molecule has 0 aliphatic heterocycles. The first-order valence-corrected chi connectivity index (χ1v) is 6.99. The maximum absolute atomic E-state index is 13.6. The molecule has 0 atom stereocenters. The molecule has 0 heterocycles. The molecule has 0 saturated heterocycles. The van der Waals surface area contributed by atoms with Gasteiger partial charge in [-0.25, -0.2) is 4.39 Å². The van der Waals surface area contributed by atoms with Crippen LogP contribution in [0.15, 0.2) is 36.4 Å². The zero-order valence-corrected chi connectivity index (χ0v) is 11.4. The molecule has 3 rings (SSSR count). The fourth-order valence-electron chi connectivity index (χ4n) is 2.75. The molecule has 0 aromatic heterocycles. The number of ether oxygens (including phenoxy) is 1. The molecule has 1 aliphatic rings. The summed E-state index contributed by atoms with van der Waals surface area (Å²) in [7, 11) is 0. The SMILES string of the molecule is NCc1c(F)cccc1OCc1ccc2c(c1)CCC2. The van der Waals surface area contributed by atoms with Gasteiger partial charge in [0.2, 0.25) is 0 Å². The smallest absolute Gasteiger partial charge is 0.131 e. The minimum absolute atomic E-state index is 0.145. The van der Waals surface area contributed by atoms with Gasteiger partial charge < -0.3 is 10.5 Å². The summed E-state index contributed by atoms with van der Waals surface area (Å²) in [5.74, 6) is 0.229. The van der Waals surface area contributed by atoms with Crippen molar-refractivity contribution in [3.8, 4) is 5.75 Å². The van der Waals surface area contributed by atoms with E-state index in [9.17, 15) is 4.39 Å². The van der Waals surface area contributed by atoms with Crippen LogP contribution in [-0.4, -0.2) is 0 Å². The molecular formula is C17H18FNO. The summed E-state index contributed by atoms with van der Waals surface area (Å²) >= 11 is 0. The Labute approximate surface area is 118 Å². The van der Waals surface area contributed by atoms with Gasteiger partial charge in [0.05, 0.1) is 0 Å². The lowest BCUT2D eigenvalue weighted by Crippen LogP contribution is -2.05. The van der Waals surface area contributed by atoms with E-state index in [2.05, 4.69) is 18.2 Å². The number of hydrogen-bond acceptors (Lipinski definition) is 2.